The summed E-state index contributed by atoms with van der Waals surface area (Å²) in [5.41, 5.74) is 1.47. The van der Waals surface area contributed by atoms with Gasteiger partial charge in [-0.05, 0) is 31.2 Å². The number of fused-ring (bicyclic) bond motifs is 1. The molecule has 2 aliphatic rings. The number of nitrogens with one attached hydrogen (secondary N) is 1. The zero-order chi connectivity index (χ0) is 19.7. The zero-order valence-corrected chi connectivity index (χ0v) is 16.2. The van der Waals surface area contributed by atoms with Crippen molar-refractivity contribution in [3.05, 3.63) is 54.6 Å². The van der Waals surface area contributed by atoms with Gasteiger partial charge in [-0.1, -0.05) is 0 Å². The van der Waals surface area contributed by atoms with Gasteiger partial charge in [0.25, 0.3) is 11.1 Å². The number of hydrogen-bond donors (Lipinski definition) is 1. The molecule has 2 aromatic rings. The third-order valence-electron chi connectivity index (χ3n) is 5.75. The van der Waals surface area contributed by atoms with Crippen LogP contribution < -0.4 is 21.7 Å². The van der Waals surface area contributed by atoms with Gasteiger partial charge in [-0.2, -0.15) is 5.10 Å². The lowest BCUT2D eigenvalue weighted by Gasteiger charge is -2.35. The van der Waals surface area contributed by atoms with Crippen LogP contribution in [0.4, 0.5) is 5.82 Å². The molecule has 0 amide bonds. The Morgan fingerprint density at radius 1 is 0.964 bits per heavy atom. The Bertz CT molecular complexity index is 998. The molecule has 0 atom stereocenters. The van der Waals surface area contributed by atoms with Crippen LogP contribution in [0.15, 0.2) is 26.5 Å². The number of piperazine rings is 1. The molecule has 1 N–H and O–H groups in total. The first kappa shape index (κ1) is 18.7. The first-order valence-electron chi connectivity index (χ1n) is 9.89. The van der Waals surface area contributed by atoms with E-state index in [2.05, 4.69) is 15.0 Å². The van der Waals surface area contributed by atoms with Gasteiger partial charge in [0.05, 0.1) is 12.2 Å². The van der Waals surface area contributed by atoms with E-state index in [1.54, 1.807) is 10.7 Å². The fourth-order valence-electron chi connectivity index (χ4n) is 3.92. The molecule has 1 fully saturated rings. The number of anilines is 1. The summed E-state index contributed by atoms with van der Waals surface area (Å²) in [6.45, 7) is 4.38. The van der Waals surface area contributed by atoms with Crippen LogP contribution in [-0.2, 0) is 26.4 Å². The van der Waals surface area contributed by atoms with Crippen LogP contribution in [0.3, 0.4) is 0 Å². The molecule has 2 aromatic heterocycles. The van der Waals surface area contributed by atoms with Crippen LogP contribution in [-0.4, -0.2) is 57.0 Å². The smallest absolute Gasteiger partial charge is 0.329 e. The van der Waals surface area contributed by atoms with E-state index in [9.17, 15) is 14.4 Å². The van der Waals surface area contributed by atoms with E-state index in [0.29, 0.717) is 12.4 Å². The minimum Gasteiger partial charge on any atom is -0.355 e. The number of aromatic nitrogens is 4. The van der Waals surface area contributed by atoms with E-state index in [-0.39, 0.29) is 11.1 Å². The van der Waals surface area contributed by atoms with Crippen LogP contribution in [0.25, 0.3) is 0 Å². The Balaban J connectivity index is 1.36. The van der Waals surface area contributed by atoms with Gasteiger partial charge < -0.3 is 4.90 Å². The van der Waals surface area contributed by atoms with Gasteiger partial charge in [0.2, 0.25) is 0 Å². The highest BCUT2D eigenvalue weighted by Crippen LogP contribution is 2.17. The molecule has 1 aliphatic heterocycles. The lowest BCUT2D eigenvalue weighted by Crippen LogP contribution is -2.49. The Kier molecular flexibility index (Phi) is 5.17. The predicted molar refractivity (Wildman–Crippen MR) is 106 cm³/mol. The summed E-state index contributed by atoms with van der Waals surface area (Å²) < 4.78 is 2.65. The highest BCUT2D eigenvalue weighted by Gasteiger charge is 2.19. The van der Waals surface area contributed by atoms with E-state index in [0.717, 1.165) is 74.2 Å². The maximum Gasteiger partial charge on any atom is 0.329 e. The SMILES string of the molecule is Cn1c(=O)cc(N2CCN(CCn3nc4c(cc3=O)CCCC4)CC2)[nH]c1=O. The molecule has 9 heteroatoms. The van der Waals surface area contributed by atoms with Crippen molar-refractivity contribution >= 4 is 5.82 Å². The molecule has 0 aromatic carbocycles. The zero-order valence-electron chi connectivity index (χ0n) is 16.2. The number of aromatic amines is 1. The quantitative estimate of drug-likeness (QED) is 0.749. The number of rotatable bonds is 4. The minimum atomic E-state index is -0.400. The average molecular weight is 386 g/mol. The van der Waals surface area contributed by atoms with Crippen molar-refractivity contribution in [3.8, 4) is 0 Å². The van der Waals surface area contributed by atoms with Gasteiger partial charge in [0.15, 0.2) is 0 Å². The normalized spacial score (nSPS) is 17.5. The topological polar surface area (TPSA) is 96.2 Å². The van der Waals surface area contributed by atoms with Crippen molar-refractivity contribution in [3.63, 3.8) is 0 Å². The standard InChI is InChI=1S/C19H26N6O3/c1-22-17(26)13-16(20-19(22)28)24-9-6-23(7-10-24)8-11-25-18(27)12-14-4-2-3-5-15(14)21-25/h12-13H,2-11H2,1H3,(H,20,28). The van der Waals surface area contributed by atoms with Crippen molar-refractivity contribution in [2.75, 3.05) is 37.6 Å². The van der Waals surface area contributed by atoms with Crippen LogP contribution in [0.5, 0.6) is 0 Å². The molecule has 0 bridgehead atoms. The van der Waals surface area contributed by atoms with Crippen LogP contribution >= 0.6 is 0 Å². The second-order valence-corrected chi connectivity index (χ2v) is 7.57. The summed E-state index contributed by atoms with van der Waals surface area (Å²) in [5.74, 6) is 0.570. The Morgan fingerprint density at radius 3 is 2.46 bits per heavy atom. The van der Waals surface area contributed by atoms with Crippen molar-refractivity contribution in [2.45, 2.75) is 32.2 Å². The summed E-state index contributed by atoms with van der Waals surface area (Å²) in [7, 11) is 1.46. The molecule has 0 saturated carbocycles. The fraction of sp³-hybridized carbons (Fsp3) is 0.579. The Labute approximate surface area is 162 Å². The molecule has 1 saturated heterocycles. The molecule has 0 spiro atoms. The average Bonchev–Trinajstić information content (AvgIpc) is 2.70. The van der Waals surface area contributed by atoms with Gasteiger partial charge >= 0.3 is 5.69 Å². The Morgan fingerprint density at radius 2 is 1.71 bits per heavy atom. The van der Waals surface area contributed by atoms with Crippen molar-refractivity contribution in [1.29, 1.82) is 0 Å². The molecule has 1 aliphatic carbocycles. The number of nitrogens with zero attached hydrogens (tertiary/aromatic N) is 5. The number of aryl methyl sites for hydroxylation is 2. The lowest BCUT2D eigenvalue weighted by molar-refractivity contribution is 0.241. The fourth-order valence-corrected chi connectivity index (χ4v) is 3.92. The minimum absolute atomic E-state index is 0.0167. The third-order valence-corrected chi connectivity index (χ3v) is 5.75. The lowest BCUT2D eigenvalue weighted by atomic mass is 9.97. The van der Waals surface area contributed by atoms with E-state index in [1.165, 1.54) is 13.1 Å². The van der Waals surface area contributed by atoms with Crippen LogP contribution in [0, 0.1) is 0 Å². The van der Waals surface area contributed by atoms with Crippen LogP contribution in [0.1, 0.15) is 24.1 Å². The van der Waals surface area contributed by atoms with Crippen molar-refractivity contribution < 1.29 is 0 Å². The monoisotopic (exact) mass is 386 g/mol. The summed E-state index contributed by atoms with van der Waals surface area (Å²) >= 11 is 0. The molecule has 0 unspecified atom stereocenters. The molecular formula is C19H26N6O3. The van der Waals surface area contributed by atoms with Crippen molar-refractivity contribution in [2.24, 2.45) is 7.05 Å². The maximum atomic E-state index is 12.3. The molecule has 0 radical (unpaired) electrons. The second-order valence-electron chi connectivity index (χ2n) is 7.57. The van der Waals surface area contributed by atoms with E-state index in [4.69, 9.17) is 0 Å². The number of hydrogen-bond acceptors (Lipinski definition) is 6. The van der Waals surface area contributed by atoms with E-state index < -0.39 is 5.69 Å². The van der Waals surface area contributed by atoms with Gasteiger partial charge in [-0.25, -0.2) is 9.48 Å². The van der Waals surface area contributed by atoms with Gasteiger partial charge in [-0.3, -0.25) is 24.0 Å². The highest BCUT2D eigenvalue weighted by molar-refractivity contribution is 5.37. The van der Waals surface area contributed by atoms with E-state index in [1.807, 2.05) is 4.90 Å². The summed E-state index contributed by atoms with van der Waals surface area (Å²) in [5, 5.41) is 4.58. The maximum absolute atomic E-state index is 12.3. The summed E-state index contributed by atoms with van der Waals surface area (Å²) in [6.07, 6.45) is 4.21. The molecule has 3 heterocycles. The predicted octanol–water partition coefficient (Wildman–Crippen LogP) is -0.669. The van der Waals surface area contributed by atoms with Crippen molar-refractivity contribution in [1.82, 2.24) is 24.2 Å². The third kappa shape index (κ3) is 3.80. The largest absolute Gasteiger partial charge is 0.355 e. The van der Waals surface area contributed by atoms with Gasteiger partial charge in [0.1, 0.15) is 5.82 Å². The molecule has 150 valence electrons. The van der Waals surface area contributed by atoms with Crippen LogP contribution in [0.2, 0.25) is 0 Å². The Hall–Kier alpha value is -2.68. The summed E-state index contributed by atoms with van der Waals surface area (Å²) in [4.78, 5) is 43.0. The second kappa shape index (κ2) is 7.75. The first-order chi connectivity index (χ1) is 13.5. The first-order valence-corrected chi connectivity index (χ1v) is 9.89. The number of H-pyrrole nitrogens is 1. The van der Waals surface area contributed by atoms with E-state index >= 15 is 0 Å². The van der Waals surface area contributed by atoms with Gasteiger partial charge in [0, 0.05) is 51.9 Å². The van der Waals surface area contributed by atoms with Gasteiger partial charge in [-0.15, -0.1) is 0 Å². The molecule has 4 rings (SSSR count). The highest BCUT2D eigenvalue weighted by atomic mass is 16.2. The molecule has 28 heavy (non-hydrogen) atoms. The molecular weight excluding hydrogens is 360 g/mol. The molecule has 9 nitrogen and oxygen atoms in total. The summed E-state index contributed by atoms with van der Waals surface area (Å²) in [6, 6.07) is 3.22.